The fraction of sp³-hybridized carbons (Fsp3) is 0.538. The van der Waals surface area contributed by atoms with Crippen molar-refractivity contribution in [3.05, 3.63) is 29.8 Å². The topological polar surface area (TPSA) is 64.7 Å². The summed E-state index contributed by atoms with van der Waals surface area (Å²) in [7, 11) is 0. The number of para-hydroxylation sites is 1. The van der Waals surface area contributed by atoms with E-state index in [4.69, 9.17) is 15.2 Å². The van der Waals surface area contributed by atoms with Crippen molar-refractivity contribution in [2.24, 2.45) is 5.73 Å². The summed E-state index contributed by atoms with van der Waals surface area (Å²) in [4.78, 5) is 0. The molecule has 2 atom stereocenters. The van der Waals surface area contributed by atoms with E-state index in [1.165, 1.54) is 0 Å². The second-order valence-electron chi connectivity index (χ2n) is 3.95. The van der Waals surface area contributed by atoms with E-state index in [9.17, 15) is 5.11 Å². The van der Waals surface area contributed by atoms with E-state index in [-0.39, 0.29) is 19.3 Å². The second-order valence-corrected chi connectivity index (χ2v) is 3.95. The van der Waals surface area contributed by atoms with E-state index in [0.717, 1.165) is 11.3 Å². The van der Waals surface area contributed by atoms with Crippen LogP contribution in [0.1, 0.15) is 25.5 Å². The smallest absolute Gasteiger partial charge is 0.124 e. The summed E-state index contributed by atoms with van der Waals surface area (Å²) in [6, 6.07) is 7.49. The molecule has 0 aromatic heterocycles. The van der Waals surface area contributed by atoms with E-state index in [1.54, 1.807) is 0 Å². The molecule has 1 rings (SSSR count). The Kier molecular flexibility index (Phi) is 5.97. The van der Waals surface area contributed by atoms with Crippen molar-refractivity contribution in [2.75, 3.05) is 19.8 Å². The second kappa shape index (κ2) is 7.27. The molecule has 0 saturated carbocycles. The Morgan fingerprint density at radius 2 is 2.00 bits per heavy atom. The highest BCUT2D eigenvalue weighted by molar-refractivity contribution is 5.35. The largest absolute Gasteiger partial charge is 0.490 e. The van der Waals surface area contributed by atoms with E-state index >= 15 is 0 Å². The zero-order valence-corrected chi connectivity index (χ0v) is 10.4. The first kappa shape index (κ1) is 14.0. The molecule has 0 heterocycles. The van der Waals surface area contributed by atoms with Crippen LogP contribution in [0, 0.1) is 0 Å². The highest BCUT2D eigenvalue weighted by Gasteiger charge is 2.10. The monoisotopic (exact) mass is 239 g/mol. The number of ether oxygens (including phenoxy) is 2. The van der Waals surface area contributed by atoms with Gasteiger partial charge in [0.15, 0.2) is 0 Å². The van der Waals surface area contributed by atoms with Crippen molar-refractivity contribution in [3.8, 4) is 5.75 Å². The molecule has 0 aliphatic heterocycles. The fourth-order valence-corrected chi connectivity index (χ4v) is 1.48. The van der Waals surface area contributed by atoms with Crippen molar-refractivity contribution >= 4 is 0 Å². The first-order valence-corrected chi connectivity index (χ1v) is 5.88. The average Bonchev–Trinajstić information content (AvgIpc) is 2.34. The number of hydrogen-bond donors (Lipinski definition) is 2. The Bertz CT molecular complexity index is 328. The summed E-state index contributed by atoms with van der Waals surface area (Å²) in [5.41, 5.74) is 6.77. The predicted octanol–water partition coefficient (Wildman–Crippen LogP) is 1.48. The van der Waals surface area contributed by atoms with Crippen molar-refractivity contribution < 1.29 is 14.6 Å². The van der Waals surface area contributed by atoms with Gasteiger partial charge in [-0.1, -0.05) is 18.2 Å². The van der Waals surface area contributed by atoms with Crippen LogP contribution in [0.15, 0.2) is 24.3 Å². The molecule has 3 N–H and O–H groups in total. The molecule has 0 bridgehead atoms. The van der Waals surface area contributed by atoms with Gasteiger partial charge in [0.25, 0.3) is 0 Å². The van der Waals surface area contributed by atoms with Crippen molar-refractivity contribution in [1.29, 1.82) is 0 Å². The molecule has 0 saturated heterocycles. The minimum atomic E-state index is -0.615. The van der Waals surface area contributed by atoms with Crippen LogP contribution in [0.5, 0.6) is 5.75 Å². The van der Waals surface area contributed by atoms with Crippen LogP contribution in [0.2, 0.25) is 0 Å². The summed E-state index contributed by atoms with van der Waals surface area (Å²) in [5.74, 6) is 0.720. The molecular formula is C13H21NO3. The minimum absolute atomic E-state index is 0.0877. The molecular weight excluding hydrogens is 218 g/mol. The SMILES string of the molecule is CCOCC(O)COc1ccccc1C(C)N. The zero-order chi connectivity index (χ0) is 12.7. The maximum atomic E-state index is 9.59. The van der Waals surface area contributed by atoms with Crippen molar-refractivity contribution in [3.63, 3.8) is 0 Å². The lowest BCUT2D eigenvalue weighted by Gasteiger charge is -2.16. The number of aliphatic hydroxyl groups is 1. The molecule has 0 aliphatic carbocycles. The first-order chi connectivity index (χ1) is 8.15. The van der Waals surface area contributed by atoms with Gasteiger partial charge in [0.1, 0.15) is 18.5 Å². The molecule has 1 aromatic rings. The summed E-state index contributed by atoms with van der Waals surface area (Å²) < 4.78 is 10.7. The number of rotatable bonds is 7. The zero-order valence-electron chi connectivity index (χ0n) is 10.4. The van der Waals surface area contributed by atoms with Gasteiger partial charge in [0.05, 0.1) is 6.61 Å². The molecule has 96 valence electrons. The lowest BCUT2D eigenvalue weighted by atomic mass is 10.1. The van der Waals surface area contributed by atoms with Crippen LogP contribution in [0.4, 0.5) is 0 Å². The summed E-state index contributed by atoms with van der Waals surface area (Å²) in [6.45, 7) is 4.88. The predicted molar refractivity (Wildman–Crippen MR) is 67.0 cm³/mol. The number of nitrogens with two attached hydrogens (primary N) is 1. The van der Waals surface area contributed by atoms with Crippen molar-refractivity contribution in [1.82, 2.24) is 0 Å². The lowest BCUT2D eigenvalue weighted by Crippen LogP contribution is -2.24. The van der Waals surface area contributed by atoms with Crippen LogP contribution < -0.4 is 10.5 Å². The number of aliphatic hydroxyl groups excluding tert-OH is 1. The summed E-state index contributed by atoms with van der Waals surface area (Å²) in [5, 5.41) is 9.59. The van der Waals surface area contributed by atoms with Gasteiger partial charge < -0.3 is 20.3 Å². The van der Waals surface area contributed by atoms with Gasteiger partial charge in [-0.25, -0.2) is 0 Å². The Labute approximate surface area is 102 Å². The number of benzene rings is 1. The third-order valence-electron chi connectivity index (χ3n) is 2.36. The Morgan fingerprint density at radius 3 is 2.65 bits per heavy atom. The van der Waals surface area contributed by atoms with Crippen LogP contribution in [-0.2, 0) is 4.74 Å². The summed E-state index contributed by atoms with van der Waals surface area (Å²) in [6.07, 6.45) is -0.615. The van der Waals surface area contributed by atoms with Crippen LogP contribution in [0.3, 0.4) is 0 Å². The quantitative estimate of drug-likeness (QED) is 0.756. The van der Waals surface area contributed by atoms with Gasteiger partial charge in [0, 0.05) is 18.2 Å². The van der Waals surface area contributed by atoms with Crippen LogP contribution >= 0.6 is 0 Å². The maximum absolute atomic E-state index is 9.59. The number of hydrogen-bond acceptors (Lipinski definition) is 4. The molecule has 0 fully saturated rings. The lowest BCUT2D eigenvalue weighted by molar-refractivity contribution is 0.0162. The molecule has 0 radical (unpaired) electrons. The van der Waals surface area contributed by atoms with E-state index < -0.39 is 6.10 Å². The van der Waals surface area contributed by atoms with Crippen LogP contribution in [0.25, 0.3) is 0 Å². The Morgan fingerprint density at radius 1 is 1.29 bits per heavy atom. The molecule has 4 nitrogen and oxygen atoms in total. The normalized spacial score (nSPS) is 14.4. The molecule has 17 heavy (non-hydrogen) atoms. The van der Waals surface area contributed by atoms with Gasteiger partial charge in [0.2, 0.25) is 0 Å². The van der Waals surface area contributed by atoms with Gasteiger partial charge in [-0.05, 0) is 19.9 Å². The highest BCUT2D eigenvalue weighted by atomic mass is 16.5. The standard InChI is InChI=1S/C13H21NO3/c1-3-16-8-11(15)9-17-13-7-5-4-6-12(13)10(2)14/h4-7,10-11,15H,3,8-9,14H2,1-2H3. The molecule has 1 aromatic carbocycles. The first-order valence-electron chi connectivity index (χ1n) is 5.88. The van der Waals surface area contributed by atoms with Gasteiger partial charge in [-0.2, -0.15) is 0 Å². The highest BCUT2D eigenvalue weighted by Crippen LogP contribution is 2.23. The van der Waals surface area contributed by atoms with Gasteiger partial charge >= 0.3 is 0 Å². The third kappa shape index (κ3) is 4.73. The van der Waals surface area contributed by atoms with E-state index in [1.807, 2.05) is 38.1 Å². The molecule has 0 spiro atoms. The average molecular weight is 239 g/mol. The maximum Gasteiger partial charge on any atom is 0.124 e. The minimum Gasteiger partial charge on any atom is -0.490 e. The van der Waals surface area contributed by atoms with Crippen LogP contribution in [-0.4, -0.2) is 31.0 Å². The van der Waals surface area contributed by atoms with Gasteiger partial charge in [-0.15, -0.1) is 0 Å². The molecule has 0 aliphatic rings. The van der Waals surface area contributed by atoms with Crippen molar-refractivity contribution in [2.45, 2.75) is 26.0 Å². The fourth-order valence-electron chi connectivity index (χ4n) is 1.48. The van der Waals surface area contributed by atoms with E-state index in [2.05, 4.69) is 0 Å². The molecule has 0 amide bonds. The molecule has 4 heteroatoms. The van der Waals surface area contributed by atoms with E-state index in [0.29, 0.717) is 6.61 Å². The van der Waals surface area contributed by atoms with Gasteiger partial charge in [-0.3, -0.25) is 0 Å². The molecule has 2 unspecified atom stereocenters. The summed E-state index contributed by atoms with van der Waals surface area (Å²) >= 11 is 0. The Hall–Kier alpha value is -1.10. The Balaban J connectivity index is 2.51. The third-order valence-corrected chi connectivity index (χ3v) is 2.36.